The molecule has 1 fully saturated rings. The van der Waals surface area contributed by atoms with Gasteiger partial charge in [0.15, 0.2) is 0 Å². The van der Waals surface area contributed by atoms with Crippen molar-refractivity contribution < 1.29 is 0 Å². The number of benzene rings is 1. The normalized spacial score (nSPS) is 21.4. The van der Waals surface area contributed by atoms with Crippen LogP contribution in [0, 0.1) is 5.92 Å². The molecule has 1 aliphatic heterocycles. The highest BCUT2D eigenvalue weighted by Crippen LogP contribution is 2.28. The molecule has 2 N–H and O–H groups in total. The fraction of sp³-hybridized carbons (Fsp3) is 0.625. The molecule has 2 nitrogen and oxygen atoms in total. The minimum Gasteiger partial charge on any atom is -0.315 e. The topological polar surface area (TPSA) is 24.1 Å². The number of hydrogen-bond acceptors (Lipinski definition) is 2. The van der Waals surface area contributed by atoms with Gasteiger partial charge in [0.2, 0.25) is 0 Å². The summed E-state index contributed by atoms with van der Waals surface area (Å²) in [4.78, 5) is 0. The Hall–Kier alpha value is -0.860. The molecule has 0 aliphatic carbocycles. The van der Waals surface area contributed by atoms with Gasteiger partial charge in [0.1, 0.15) is 0 Å². The quantitative estimate of drug-likeness (QED) is 0.806. The van der Waals surface area contributed by atoms with Gasteiger partial charge in [-0.15, -0.1) is 0 Å². The highest BCUT2D eigenvalue weighted by Gasteiger charge is 2.24. The van der Waals surface area contributed by atoms with Gasteiger partial charge in [0.25, 0.3) is 0 Å². The molecule has 0 aromatic heterocycles. The largest absolute Gasteiger partial charge is 0.315 e. The molecule has 0 radical (unpaired) electrons. The average molecular weight is 246 g/mol. The summed E-state index contributed by atoms with van der Waals surface area (Å²) in [5, 5.41) is 7.31. The molecule has 1 aromatic rings. The van der Waals surface area contributed by atoms with Gasteiger partial charge in [-0.25, -0.2) is 0 Å². The van der Waals surface area contributed by atoms with Crippen molar-refractivity contribution in [2.24, 2.45) is 5.92 Å². The number of hydrogen-bond donors (Lipinski definition) is 2. The first-order valence-electron chi connectivity index (χ1n) is 7.36. The maximum atomic E-state index is 3.87. The summed E-state index contributed by atoms with van der Waals surface area (Å²) in [5.41, 5.74) is 1.44. The van der Waals surface area contributed by atoms with E-state index >= 15 is 0 Å². The van der Waals surface area contributed by atoms with E-state index in [0.717, 1.165) is 19.0 Å². The number of nitrogens with one attached hydrogen (secondary N) is 2. The van der Waals surface area contributed by atoms with E-state index in [1.165, 1.54) is 24.8 Å². The van der Waals surface area contributed by atoms with Crippen molar-refractivity contribution >= 4 is 0 Å². The van der Waals surface area contributed by atoms with Gasteiger partial charge in [0, 0.05) is 18.6 Å². The Kier molecular flexibility index (Phi) is 5.21. The summed E-state index contributed by atoms with van der Waals surface area (Å²) in [6, 6.07) is 12.1. The summed E-state index contributed by atoms with van der Waals surface area (Å²) < 4.78 is 0. The van der Waals surface area contributed by atoms with Gasteiger partial charge in [-0.3, -0.25) is 0 Å². The molecule has 1 aliphatic rings. The zero-order chi connectivity index (χ0) is 12.8. The Morgan fingerprint density at radius 2 is 1.94 bits per heavy atom. The van der Waals surface area contributed by atoms with Crippen molar-refractivity contribution in [1.29, 1.82) is 0 Å². The first-order chi connectivity index (χ1) is 8.85. The van der Waals surface area contributed by atoms with Crippen molar-refractivity contribution in [2.45, 2.75) is 45.2 Å². The minimum absolute atomic E-state index is 0.506. The second-order valence-electron chi connectivity index (χ2n) is 5.32. The maximum Gasteiger partial charge on any atom is 0.0351 e. The maximum absolute atomic E-state index is 3.87. The fourth-order valence-electron chi connectivity index (χ4n) is 2.98. The molecule has 1 aromatic carbocycles. The van der Waals surface area contributed by atoms with Crippen LogP contribution in [0.2, 0.25) is 0 Å². The third kappa shape index (κ3) is 3.33. The van der Waals surface area contributed by atoms with E-state index in [9.17, 15) is 0 Å². The molecule has 2 rings (SSSR count). The van der Waals surface area contributed by atoms with Gasteiger partial charge < -0.3 is 10.6 Å². The van der Waals surface area contributed by atoms with E-state index in [-0.39, 0.29) is 0 Å². The molecule has 2 atom stereocenters. The molecule has 2 heteroatoms. The standard InChI is InChI=1S/C16H26N2/c1-3-13(4-2)16(14-8-6-5-7-9-14)18-15-10-11-17-12-15/h5-9,13,15-18H,3-4,10-12H2,1-2H3. The van der Waals surface area contributed by atoms with Gasteiger partial charge in [0.05, 0.1) is 0 Å². The van der Waals surface area contributed by atoms with Crippen LogP contribution in [-0.2, 0) is 0 Å². The summed E-state index contributed by atoms with van der Waals surface area (Å²) in [5.74, 6) is 0.730. The van der Waals surface area contributed by atoms with Crippen LogP contribution in [0.1, 0.15) is 44.7 Å². The highest BCUT2D eigenvalue weighted by atomic mass is 15.0. The summed E-state index contributed by atoms with van der Waals surface area (Å²) in [7, 11) is 0. The molecule has 0 amide bonds. The van der Waals surface area contributed by atoms with Crippen molar-refractivity contribution in [1.82, 2.24) is 10.6 Å². The van der Waals surface area contributed by atoms with E-state index in [1.807, 2.05) is 0 Å². The van der Waals surface area contributed by atoms with Crippen molar-refractivity contribution in [3.8, 4) is 0 Å². The Morgan fingerprint density at radius 3 is 2.50 bits per heavy atom. The van der Waals surface area contributed by atoms with Crippen LogP contribution in [0.15, 0.2) is 30.3 Å². The van der Waals surface area contributed by atoms with Crippen molar-refractivity contribution in [2.75, 3.05) is 13.1 Å². The molecule has 0 spiro atoms. The Labute approximate surface area is 111 Å². The van der Waals surface area contributed by atoms with Crippen molar-refractivity contribution in [3.05, 3.63) is 35.9 Å². The van der Waals surface area contributed by atoms with E-state index in [0.29, 0.717) is 12.1 Å². The fourth-order valence-corrected chi connectivity index (χ4v) is 2.98. The zero-order valence-electron chi connectivity index (χ0n) is 11.7. The van der Waals surface area contributed by atoms with Crippen LogP contribution in [0.3, 0.4) is 0 Å². The Morgan fingerprint density at radius 1 is 1.22 bits per heavy atom. The molecular weight excluding hydrogens is 220 g/mol. The molecule has 2 unspecified atom stereocenters. The first-order valence-corrected chi connectivity index (χ1v) is 7.36. The predicted molar refractivity (Wildman–Crippen MR) is 77.7 cm³/mol. The summed E-state index contributed by atoms with van der Waals surface area (Å²) >= 11 is 0. The minimum atomic E-state index is 0.506. The van der Waals surface area contributed by atoms with E-state index in [4.69, 9.17) is 0 Å². The van der Waals surface area contributed by atoms with E-state index < -0.39 is 0 Å². The highest BCUT2D eigenvalue weighted by molar-refractivity contribution is 5.20. The van der Waals surface area contributed by atoms with Gasteiger partial charge in [-0.05, 0) is 24.4 Å². The monoisotopic (exact) mass is 246 g/mol. The second-order valence-corrected chi connectivity index (χ2v) is 5.32. The average Bonchev–Trinajstić information content (AvgIpc) is 2.93. The lowest BCUT2D eigenvalue weighted by atomic mass is 9.88. The zero-order valence-corrected chi connectivity index (χ0v) is 11.7. The SMILES string of the molecule is CCC(CC)C(NC1CCNC1)c1ccccc1. The van der Waals surface area contributed by atoms with E-state index in [2.05, 4.69) is 54.8 Å². The first kappa shape index (κ1) is 13.6. The Bertz CT molecular complexity index is 326. The van der Waals surface area contributed by atoms with Gasteiger partial charge >= 0.3 is 0 Å². The molecule has 0 saturated carbocycles. The van der Waals surface area contributed by atoms with Crippen LogP contribution >= 0.6 is 0 Å². The van der Waals surface area contributed by atoms with Crippen LogP contribution in [0.25, 0.3) is 0 Å². The van der Waals surface area contributed by atoms with Crippen LogP contribution in [-0.4, -0.2) is 19.1 Å². The molecule has 0 bridgehead atoms. The van der Waals surface area contributed by atoms with Crippen molar-refractivity contribution in [3.63, 3.8) is 0 Å². The summed E-state index contributed by atoms with van der Waals surface area (Å²) in [6.45, 7) is 6.88. The summed E-state index contributed by atoms with van der Waals surface area (Å²) in [6.07, 6.45) is 3.73. The number of rotatable bonds is 6. The van der Waals surface area contributed by atoms with E-state index in [1.54, 1.807) is 0 Å². The third-order valence-electron chi connectivity index (χ3n) is 4.15. The Balaban J connectivity index is 2.11. The molecule has 100 valence electrons. The van der Waals surface area contributed by atoms with Gasteiger partial charge in [-0.1, -0.05) is 57.0 Å². The third-order valence-corrected chi connectivity index (χ3v) is 4.15. The van der Waals surface area contributed by atoms with Crippen LogP contribution < -0.4 is 10.6 Å². The molecule has 1 heterocycles. The van der Waals surface area contributed by atoms with Crippen LogP contribution in [0.4, 0.5) is 0 Å². The second kappa shape index (κ2) is 6.91. The lowest BCUT2D eigenvalue weighted by Gasteiger charge is -2.29. The smallest absolute Gasteiger partial charge is 0.0351 e. The lowest BCUT2D eigenvalue weighted by molar-refractivity contribution is 0.314. The molecular formula is C16H26N2. The van der Waals surface area contributed by atoms with Gasteiger partial charge in [-0.2, -0.15) is 0 Å². The molecule has 1 saturated heterocycles. The predicted octanol–water partition coefficient (Wildman–Crippen LogP) is 3.12. The molecule has 18 heavy (non-hydrogen) atoms. The van der Waals surface area contributed by atoms with Crippen LogP contribution in [0.5, 0.6) is 0 Å². The lowest BCUT2D eigenvalue weighted by Crippen LogP contribution is -2.37.